The average molecular weight is 427 g/mol. The van der Waals surface area contributed by atoms with E-state index < -0.39 is 8.32 Å². The molecule has 6 nitrogen and oxygen atoms in total. The minimum absolute atomic E-state index is 0.356. The largest absolute Gasteiger partial charge is 0.497 e. The number of rotatable bonds is 9. The number of esters is 1. The van der Waals surface area contributed by atoms with Crippen LogP contribution in [0.3, 0.4) is 0 Å². The van der Waals surface area contributed by atoms with Gasteiger partial charge in [0, 0.05) is 5.39 Å². The molecule has 0 atom stereocenters. The van der Waals surface area contributed by atoms with Crippen LogP contribution in [0.15, 0.2) is 42.5 Å². The fraction of sp³-hybridized carbons (Fsp3) is 0.391. The van der Waals surface area contributed by atoms with Crippen molar-refractivity contribution >= 4 is 25.2 Å². The summed E-state index contributed by atoms with van der Waals surface area (Å²) in [7, 11) is 1.27. The summed E-state index contributed by atoms with van der Waals surface area (Å²) in [5.74, 6) is 0.430. The quantitative estimate of drug-likeness (QED) is 0.341. The standard InChI is InChI=1S/C23H30N2O4Si/c1-6-30(7-2,8-3)29-16-22-20-15-19(27-4)13-14-21(20)24-25(22)18-11-9-17(10-12-18)23(26)28-5/h9-15H,6-8,16H2,1-5H3. The topological polar surface area (TPSA) is 62.6 Å². The molecule has 2 aromatic carbocycles. The summed E-state index contributed by atoms with van der Waals surface area (Å²) < 4.78 is 18.8. The molecule has 0 bridgehead atoms. The Bertz CT molecular complexity index is 1000. The number of carbonyl (C=O) groups is 1. The number of ether oxygens (including phenoxy) is 2. The van der Waals surface area contributed by atoms with Crippen LogP contribution in [-0.4, -0.2) is 38.3 Å². The number of aromatic nitrogens is 2. The first kappa shape index (κ1) is 22.1. The summed E-state index contributed by atoms with van der Waals surface area (Å²) in [4.78, 5) is 11.8. The fourth-order valence-electron chi connectivity index (χ4n) is 3.73. The molecular weight excluding hydrogens is 396 g/mol. The highest BCUT2D eigenvalue weighted by atomic mass is 28.4. The van der Waals surface area contributed by atoms with E-state index in [1.807, 2.05) is 35.0 Å². The van der Waals surface area contributed by atoms with Crippen molar-refractivity contribution in [3.63, 3.8) is 0 Å². The van der Waals surface area contributed by atoms with Crippen LogP contribution in [0.4, 0.5) is 0 Å². The number of nitrogens with zero attached hydrogens (tertiary/aromatic N) is 2. The average Bonchev–Trinajstić information content (AvgIpc) is 3.17. The van der Waals surface area contributed by atoms with Gasteiger partial charge < -0.3 is 13.9 Å². The minimum atomic E-state index is -1.77. The molecule has 0 unspecified atom stereocenters. The summed E-state index contributed by atoms with van der Waals surface area (Å²) in [6, 6.07) is 16.4. The second kappa shape index (κ2) is 9.45. The lowest BCUT2D eigenvalue weighted by Crippen LogP contribution is -2.35. The molecule has 1 heterocycles. The van der Waals surface area contributed by atoms with Crippen molar-refractivity contribution in [2.24, 2.45) is 0 Å². The number of methoxy groups -OCH3 is 2. The molecule has 3 rings (SSSR count). The first-order valence-electron chi connectivity index (χ1n) is 10.4. The third kappa shape index (κ3) is 4.27. The Kier molecular flexibility index (Phi) is 6.94. The Hall–Kier alpha value is -2.64. The van der Waals surface area contributed by atoms with Gasteiger partial charge in [0.05, 0.1) is 43.3 Å². The molecule has 3 aromatic rings. The maximum Gasteiger partial charge on any atom is 0.337 e. The summed E-state index contributed by atoms with van der Waals surface area (Å²) in [5, 5.41) is 5.82. The highest BCUT2D eigenvalue weighted by Crippen LogP contribution is 2.29. The molecule has 160 valence electrons. The van der Waals surface area contributed by atoms with Crippen LogP contribution in [0.1, 0.15) is 36.8 Å². The van der Waals surface area contributed by atoms with E-state index in [2.05, 4.69) is 20.8 Å². The molecule has 0 radical (unpaired) electrons. The van der Waals surface area contributed by atoms with Gasteiger partial charge in [-0.05, 0) is 60.6 Å². The maximum atomic E-state index is 11.8. The molecule has 0 aliphatic heterocycles. The van der Waals surface area contributed by atoms with Crippen molar-refractivity contribution in [2.75, 3.05) is 14.2 Å². The summed E-state index contributed by atoms with van der Waals surface area (Å²) in [6.45, 7) is 7.17. The second-order valence-electron chi connectivity index (χ2n) is 7.31. The van der Waals surface area contributed by atoms with Crippen molar-refractivity contribution < 1.29 is 18.7 Å². The molecule has 0 saturated carbocycles. The Morgan fingerprint density at radius 1 is 1.00 bits per heavy atom. The molecule has 1 aromatic heterocycles. The molecular formula is C23H30N2O4Si. The SMILES string of the molecule is CC[Si](CC)(CC)OCc1c2cc(OC)ccc2nn1-c1ccc(C(=O)OC)cc1. The smallest absolute Gasteiger partial charge is 0.337 e. The van der Waals surface area contributed by atoms with E-state index in [1.165, 1.54) is 7.11 Å². The van der Waals surface area contributed by atoms with Gasteiger partial charge in [-0.25, -0.2) is 9.48 Å². The zero-order valence-corrected chi connectivity index (χ0v) is 19.4. The van der Waals surface area contributed by atoms with E-state index >= 15 is 0 Å². The first-order chi connectivity index (χ1) is 14.5. The zero-order valence-electron chi connectivity index (χ0n) is 18.4. The van der Waals surface area contributed by atoms with E-state index in [9.17, 15) is 4.79 Å². The summed E-state index contributed by atoms with van der Waals surface area (Å²) in [5.41, 5.74) is 3.24. The molecule has 0 aliphatic carbocycles. The summed E-state index contributed by atoms with van der Waals surface area (Å²) >= 11 is 0. The van der Waals surface area contributed by atoms with E-state index in [0.717, 1.165) is 46.2 Å². The van der Waals surface area contributed by atoms with Crippen molar-refractivity contribution in [2.45, 2.75) is 45.5 Å². The van der Waals surface area contributed by atoms with E-state index in [-0.39, 0.29) is 5.97 Å². The second-order valence-corrected chi connectivity index (χ2v) is 12.1. The summed E-state index contributed by atoms with van der Waals surface area (Å²) in [6.07, 6.45) is 0. The normalized spacial score (nSPS) is 11.6. The lowest BCUT2D eigenvalue weighted by Gasteiger charge is -2.28. The number of benzene rings is 2. The number of fused-ring (bicyclic) bond motifs is 1. The van der Waals surface area contributed by atoms with E-state index in [1.54, 1.807) is 19.2 Å². The Balaban J connectivity index is 2.07. The molecule has 30 heavy (non-hydrogen) atoms. The monoisotopic (exact) mass is 426 g/mol. The molecule has 0 fully saturated rings. The van der Waals surface area contributed by atoms with Gasteiger partial charge in [0.1, 0.15) is 5.75 Å². The van der Waals surface area contributed by atoms with Crippen LogP contribution >= 0.6 is 0 Å². The lowest BCUT2D eigenvalue weighted by molar-refractivity contribution is 0.0600. The van der Waals surface area contributed by atoms with Crippen LogP contribution in [-0.2, 0) is 15.8 Å². The molecule has 0 saturated heterocycles. The van der Waals surface area contributed by atoms with Crippen molar-refractivity contribution in [3.8, 4) is 11.4 Å². The predicted octanol–water partition coefficient (Wildman–Crippen LogP) is 5.34. The van der Waals surface area contributed by atoms with Gasteiger partial charge in [-0.1, -0.05) is 20.8 Å². The van der Waals surface area contributed by atoms with Gasteiger partial charge in [-0.15, -0.1) is 0 Å². The Morgan fingerprint density at radius 2 is 1.67 bits per heavy atom. The molecule has 0 aliphatic rings. The molecule has 0 amide bonds. The molecule has 0 N–H and O–H groups in total. The number of hydrogen-bond acceptors (Lipinski definition) is 5. The highest BCUT2D eigenvalue weighted by Gasteiger charge is 2.29. The number of carbonyl (C=O) groups excluding carboxylic acids is 1. The van der Waals surface area contributed by atoms with Crippen molar-refractivity contribution in [1.82, 2.24) is 9.78 Å². The van der Waals surface area contributed by atoms with Crippen LogP contribution in [0.2, 0.25) is 18.1 Å². The van der Waals surface area contributed by atoms with Gasteiger partial charge in [0.2, 0.25) is 0 Å². The Morgan fingerprint density at radius 3 is 2.23 bits per heavy atom. The molecule has 0 spiro atoms. The van der Waals surface area contributed by atoms with Crippen LogP contribution < -0.4 is 4.74 Å². The third-order valence-corrected chi connectivity index (χ3v) is 10.6. The third-order valence-electron chi connectivity index (χ3n) is 5.96. The van der Waals surface area contributed by atoms with Gasteiger partial charge in [-0.3, -0.25) is 0 Å². The van der Waals surface area contributed by atoms with Gasteiger partial charge in [0.25, 0.3) is 0 Å². The van der Waals surface area contributed by atoms with Crippen LogP contribution in [0, 0.1) is 0 Å². The first-order valence-corrected chi connectivity index (χ1v) is 12.9. The predicted molar refractivity (Wildman–Crippen MR) is 121 cm³/mol. The lowest BCUT2D eigenvalue weighted by atomic mass is 10.2. The van der Waals surface area contributed by atoms with Crippen molar-refractivity contribution in [1.29, 1.82) is 0 Å². The van der Waals surface area contributed by atoms with E-state index in [0.29, 0.717) is 12.2 Å². The fourth-order valence-corrected chi connectivity index (χ4v) is 6.28. The highest BCUT2D eigenvalue weighted by molar-refractivity contribution is 6.73. The van der Waals surface area contributed by atoms with Gasteiger partial charge >= 0.3 is 5.97 Å². The maximum absolute atomic E-state index is 11.8. The Labute approximate surface area is 178 Å². The van der Waals surface area contributed by atoms with Crippen molar-refractivity contribution in [3.05, 3.63) is 53.7 Å². The van der Waals surface area contributed by atoms with Crippen LogP contribution in [0.25, 0.3) is 16.6 Å². The van der Waals surface area contributed by atoms with E-state index in [4.69, 9.17) is 19.0 Å². The zero-order chi connectivity index (χ0) is 21.7. The molecule has 7 heteroatoms. The van der Waals surface area contributed by atoms with Crippen LogP contribution in [0.5, 0.6) is 5.75 Å². The minimum Gasteiger partial charge on any atom is -0.497 e. The van der Waals surface area contributed by atoms with Gasteiger partial charge in [-0.2, -0.15) is 5.10 Å². The number of hydrogen-bond donors (Lipinski definition) is 0. The van der Waals surface area contributed by atoms with Gasteiger partial charge in [0.15, 0.2) is 8.32 Å².